The van der Waals surface area contributed by atoms with Crippen molar-refractivity contribution in [2.45, 2.75) is 33.2 Å². The van der Waals surface area contributed by atoms with E-state index in [0.29, 0.717) is 29.4 Å². The number of anilines is 1. The minimum atomic E-state index is -1.08. The van der Waals surface area contributed by atoms with Crippen molar-refractivity contribution in [3.63, 3.8) is 0 Å². The summed E-state index contributed by atoms with van der Waals surface area (Å²) in [5, 5.41) is 11.4. The molecule has 1 aromatic carbocycles. The number of ether oxygens (including phenoxy) is 2. The molecule has 0 aliphatic carbocycles. The van der Waals surface area contributed by atoms with Gasteiger partial charge in [-0.2, -0.15) is 0 Å². The quantitative estimate of drug-likeness (QED) is 0.219. The zero-order valence-electron chi connectivity index (χ0n) is 19.7. The second kappa shape index (κ2) is 9.75. The Morgan fingerprint density at radius 3 is 2.66 bits per heavy atom. The van der Waals surface area contributed by atoms with Gasteiger partial charge >= 0.3 is 11.9 Å². The Balaban J connectivity index is 1.87. The fraction of sp³-hybridized carbons (Fsp3) is 0.280. The van der Waals surface area contributed by atoms with Crippen LogP contribution in [-0.4, -0.2) is 41.5 Å². The maximum Gasteiger partial charge on any atom is 0.350 e. The summed E-state index contributed by atoms with van der Waals surface area (Å²) in [5.41, 5.74) is 0.522. The van der Waals surface area contributed by atoms with E-state index in [-0.39, 0.29) is 27.1 Å². The number of amides is 1. The van der Waals surface area contributed by atoms with Crippen LogP contribution >= 0.6 is 11.3 Å². The maximum absolute atomic E-state index is 13.2. The summed E-state index contributed by atoms with van der Waals surface area (Å²) in [4.78, 5) is 44.3. The van der Waals surface area contributed by atoms with Gasteiger partial charge in [0.1, 0.15) is 33.9 Å². The molecule has 3 heterocycles. The number of aliphatic hydroxyl groups excluding tert-OH is 1. The van der Waals surface area contributed by atoms with Crippen molar-refractivity contribution in [1.29, 1.82) is 0 Å². The molecule has 10 heteroatoms. The number of ketones is 1. The summed E-state index contributed by atoms with van der Waals surface area (Å²) >= 11 is 0.923. The van der Waals surface area contributed by atoms with Gasteiger partial charge in [0, 0.05) is 5.56 Å². The smallest absolute Gasteiger partial charge is 0.350 e. The number of furan rings is 1. The van der Waals surface area contributed by atoms with Gasteiger partial charge in [-0.15, -0.1) is 0 Å². The number of aromatic nitrogens is 1. The number of methoxy groups -OCH3 is 1. The molecule has 1 aliphatic heterocycles. The minimum Gasteiger partial charge on any atom is -0.507 e. The van der Waals surface area contributed by atoms with Crippen molar-refractivity contribution < 1.29 is 33.4 Å². The van der Waals surface area contributed by atoms with Crippen molar-refractivity contribution in [2.75, 3.05) is 18.6 Å². The number of nitrogens with zero attached hydrogens (tertiary/aromatic N) is 2. The molecule has 35 heavy (non-hydrogen) atoms. The third kappa shape index (κ3) is 4.44. The lowest BCUT2D eigenvalue weighted by molar-refractivity contribution is -0.132. The highest BCUT2D eigenvalue weighted by Gasteiger charge is 2.50. The fourth-order valence-electron chi connectivity index (χ4n) is 3.78. The molecule has 2 aromatic heterocycles. The molecule has 1 fully saturated rings. The van der Waals surface area contributed by atoms with Crippen LogP contribution in [0, 0.1) is 13.8 Å². The highest BCUT2D eigenvalue weighted by molar-refractivity contribution is 7.17. The van der Waals surface area contributed by atoms with E-state index in [9.17, 15) is 19.5 Å². The van der Waals surface area contributed by atoms with Gasteiger partial charge in [0.2, 0.25) is 0 Å². The second-order valence-corrected chi connectivity index (χ2v) is 8.87. The third-order valence-corrected chi connectivity index (χ3v) is 6.55. The van der Waals surface area contributed by atoms with Crippen LogP contribution in [0.15, 0.2) is 46.4 Å². The van der Waals surface area contributed by atoms with Crippen molar-refractivity contribution in [2.24, 2.45) is 0 Å². The van der Waals surface area contributed by atoms with Crippen LogP contribution in [0.2, 0.25) is 0 Å². The molecule has 9 nitrogen and oxygen atoms in total. The van der Waals surface area contributed by atoms with Crippen molar-refractivity contribution >= 4 is 39.9 Å². The number of benzene rings is 1. The minimum absolute atomic E-state index is 0.114. The van der Waals surface area contributed by atoms with Gasteiger partial charge in [-0.3, -0.25) is 14.5 Å². The molecule has 1 atom stereocenters. The third-order valence-electron chi connectivity index (χ3n) is 5.42. The molecule has 1 N–H and O–H groups in total. The first-order valence-corrected chi connectivity index (χ1v) is 11.7. The molecule has 1 aliphatic rings. The van der Waals surface area contributed by atoms with E-state index in [2.05, 4.69) is 4.98 Å². The monoisotopic (exact) mass is 496 g/mol. The van der Waals surface area contributed by atoms with Crippen LogP contribution < -0.4 is 9.64 Å². The van der Waals surface area contributed by atoms with Crippen LogP contribution in [0.25, 0.3) is 5.76 Å². The standard InChI is InChI=1S/C25H24N2O7S/c1-5-11-33-16-8-6-7-15(12-16)20(28)18-19(17-10-9-13(2)34-17)27(23(30)21(18)29)25-26-14(3)22(35-25)24(31)32-4/h6-10,12,19,28H,5,11H2,1-4H3. The second-order valence-electron chi connectivity index (χ2n) is 7.90. The Kier molecular flexibility index (Phi) is 6.74. The van der Waals surface area contributed by atoms with E-state index < -0.39 is 23.7 Å². The van der Waals surface area contributed by atoms with Crippen molar-refractivity contribution in [1.82, 2.24) is 4.98 Å². The Labute approximate surface area is 205 Å². The Hall–Kier alpha value is -3.92. The van der Waals surface area contributed by atoms with Gasteiger partial charge in [0.25, 0.3) is 5.78 Å². The number of aliphatic hydroxyl groups is 1. The number of esters is 1. The first-order valence-electron chi connectivity index (χ1n) is 10.9. The van der Waals surface area contributed by atoms with E-state index in [4.69, 9.17) is 13.9 Å². The predicted octanol–water partition coefficient (Wildman–Crippen LogP) is 4.55. The molecule has 3 aromatic rings. The van der Waals surface area contributed by atoms with E-state index in [0.717, 1.165) is 22.7 Å². The number of hydrogen-bond donors (Lipinski definition) is 1. The summed E-state index contributed by atoms with van der Waals surface area (Å²) < 4.78 is 16.2. The average Bonchev–Trinajstić information content (AvgIpc) is 3.52. The van der Waals surface area contributed by atoms with Gasteiger partial charge in [0.05, 0.1) is 25.0 Å². The molecule has 0 radical (unpaired) electrons. The van der Waals surface area contributed by atoms with Crippen LogP contribution in [0.3, 0.4) is 0 Å². The molecule has 1 unspecified atom stereocenters. The summed E-state index contributed by atoms with van der Waals surface area (Å²) in [6, 6.07) is 8.90. The fourth-order valence-corrected chi connectivity index (χ4v) is 4.79. The van der Waals surface area contributed by atoms with Crippen LogP contribution in [0.1, 0.15) is 51.8 Å². The molecule has 182 valence electrons. The zero-order valence-corrected chi connectivity index (χ0v) is 20.5. The first-order chi connectivity index (χ1) is 16.8. The van der Waals surface area contributed by atoms with Gasteiger partial charge in [0.15, 0.2) is 5.13 Å². The van der Waals surface area contributed by atoms with Crippen molar-refractivity contribution in [3.05, 3.63) is 69.6 Å². The van der Waals surface area contributed by atoms with E-state index in [1.807, 2.05) is 6.92 Å². The van der Waals surface area contributed by atoms with Crippen LogP contribution in [-0.2, 0) is 14.3 Å². The van der Waals surface area contributed by atoms with Crippen LogP contribution in [0.5, 0.6) is 5.75 Å². The molecule has 1 amide bonds. The summed E-state index contributed by atoms with van der Waals surface area (Å²) in [5.74, 6) is -1.40. The van der Waals surface area contributed by atoms with Gasteiger partial charge in [-0.1, -0.05) is 30.4 Å². The van der Waals surface area contributed by atoms with E-state index in [1.54, 1.807) is 50.2 Å². The number of carbonyl (C=O) groups excluding carboxylic acids is 3. The zero-order chi connectivity index (χ0) is 25.3. The van der Waals surface area contributed by atoms with Crippen molar-refractivity contribution in [3.8, 4) is 5.75 Å². The molecule has 4 rings (SSSR count). The van der Waals surface area contributed by atoms with Crippen LogP contribution in [0.4, 0.5) is 5.13 Å². The van der Waals surface area contributed by atoms with E-state index >= 15 is 0 Å². The summed E-state index contributed by atoms with van der Waals surface area (Å²) in [6.07, 6.45) is 0.806. The SMILES string of the molecule is CCCOc1cccc(C(O)=C2C(=O)C(=O)N(c3nc(C)c(C(=O)OC)s3)C2c2ccc(C)o2)c1. The highest BCUT2D eigenvalue weighted by Crippen LogP contribution is 2.44. The number of hydrogen-bond acceptors (Lipinski definition) is 9. The Bertz CT molecular complexity index is 1340. The summed E-state index contributed by atoms with van der Waals surface area (Å²) in [6.45, 7) is 5.80. The lowest BCUT2D eigenvalue weighted by Crippen LogP contribution is -2.29. The molecule has 0 saturated carbocycles. The number of rotatable bonds is 7. The van der Waals surface area contributed by atoms with E-state index in [1.165, 1.54) is 7.11 Å². The lowest BCUT2D eigenvalue weighted by atomic mass is 9.99. The molecular weight excluding hydrogens is 472 g/mol. The lowest BCUT2D eigenvalue weighted by Gasteiger charge is -2.20. The average molecular weight is 497 g/mol. The number of thiazole rings is 1. The maximum atomic E-state index is 13.2. The first kappa shape index (κ1) is 24.2. The topological polar surface area (TPSA) is 119 Å². The normalized spacial score (nSPS) is 17.1. The molecule has 1 saturated heterocycles. The number of Topliss-reactive ketones (excluding diaryl/α,β-unsaturated/α-hetero) is 1. The molecular formula is C25H24N2O7S. The molecule has 0 spiro atoms. The predicted molar refractivity (Wildman–Crippen MR) is 129 cm³/mol. The molecule has 0 bridgehead atoms. The number of carbonyl (C=O) groups is 3. The van der Waals surface area contributed by atoms with Gasteiger partial charge in [-0.05, 0) is 44.5 Å². The van der Waals surface area contributed by atoms with Gasteiger partial charge in [-0.25, -0.2) is 9.78 Å². The summed E-state index contributed by atoms with van der Waals surface area (Å²) in [7, 11) is 1.25. The number of aryl methyl sites for hydroxylation is 2. The largest absolute Gasteiger partial charge is 0.507 e. The highest BCUT2D eigenvalue weighted by atomic mass is 32.1. The Morgan fingerprint density at radius 1 is 1.23 bits per heavy atom. The Morgan fingerprint density at radius 2 is 2.00 bits per heavy atom. The van der Waals surface area contributed by atoms with Gasteiger partial charge < -0.3 is 19.0 Å².